The van der Waals surface area contributed by atoms with Gasteiger partial charge in [0.2, 0.25) is 0 Å². The van der Waals surface area contributed by atoms with Crippen molar-refractivity contribution in [3.8, 4) is 0 Å². The number of carbonyl (C=O) groups is 2. The molecule has 2 aromatic rings. The molecule has 1 aromatic heterocycles. The molecule has 4 N–H and O–H groups in total. The molecule has 0 bridgehead atoms. The fraction of sp³-hybridized carbons (Fsp3) is 0.231. The Balaban J connectivity index is 2.35. The van der Waals surface area contributed by atoms with Crippen LogP contribution in [0, 0.1) is 0 Å². The maximum Gasteiger partial charge on any atom is 0.352 e. The number of carboxylic acid groups (broad SMARTS) is 1. The molecule has 2 unspecified atom stereocenters. The van der Waals surface area contributed by atoms with Crippen LogP contribution in [0.15, 0.2) is 24.3 Å². The number of carbonyl (C=O) groups excluding carboxylic acids is 1. The van der Waals surface area contributed by atoms with Crippen LogP contribution in [0.2, 0.25) is 0 Å². The van der Waals surface area contributed by atoms with E-state index in [0.29, 0.717) is 10.9 Å². The maximum atomic E-state index is 11.2. The lowest BCUT2D eigenvalue weighted by molar-refractivity contribution is -0.156. The van der Waals surface area contributed by atoms with Gasteiger partial charge in [0.15, 0.2) is 6.10 Å². The first kappa shape index (κ1) is 14.0. The van der Waals surface area contributed by atoms with Crippen LogP contribution in [0.3, 0.4) is 0 Å². The number of H-pyrrole nitrogens is 1. The van der Waals surface area contributed by atoms with Crippen LogP contribution >= 0.6 is 0 Å². The van der Waals surface area contributed by atoms with Crippen LogP contribution in [0.5, 0.6) is 0 Å². The van der Waals surface area contributed by atoms with E-state index < -0.39 is 24.1 Å². The van der Waals surface area contributed by atoms with Gasteiger partial charge in [0, 0.05) is 10.9 Å². The number of fused-ring (bicyclic) bond motifs is 1. The first-order valence-corrected chi connectivity index (χ1v) is 5.74. The number of aromatic nitrogens is 1. The second kappa shape index (κ2) is 5.32. The third-order valence-electron chi connectivity index (χ3n) is 2.96. The largest absolute Gasteiger partial charge is 0.477 e. The third-order valence-corrected chi connectivity index (χ3v) is 2.96. The molecule has 0 saturated heterocycles. The van der Waals surface area contributed by atoms with E-state index in [2.05, 4.69) is 9.72 Å². The molecule has 0 spiro atoms. The SMILES string of the molecule is COC(=O)C(O)C(O)c1ccc2cc(C(=O)O)[nH]c2c1. The second-order valence-corrected chi connectivity index (χ2v) is 4.25. The van der Waals surface area contributed by atoms with E-state index >= 15 is 0 Å². The molecule has 0 radical (unpaired) electrons. The average Bonchev–Trinajstić information content (AvgIpc) is 2.87. The topological polar surface area (TPSA) is 120 Å². The number of carboxylic acids is 1. The van der Waals surface area contributed by atoms with Crippen molar-refractivity contribution in [3.63, 3.8) is 0 Å². The number of nitrogens with one attached hydrogen (secondary N) is 1. The molecule has 7 nitrogen and oxygen atoms in total. The lowest BCUT2D eigenvalue weighted by Crippen LogP contribution is -2.28. The normalized spacial score (nSPS) is 13.9. The van der Waals surface area contributed by atoms with Crippen molar-refractivity contribution in [3.05, 3.63) is 35.5 Å². The van der Waals surface area contributed by atoms with Crippen molar-refractivity contribution in [2.75, 3.05) is 7.11 Å². The Bertz CT molecular complexity index is 662. The summed E-state index contributed by atoms with van der Waals surface area (Å²) in [5.74, 6) is -2.05. The molecule has 106 valence electrons. The molecular weight excluding hydrogens is 266 g/mol. The highest BCUT2D eigenvalue weighted by atomic mass is 16.5. The number of aromatic carboxylic acids is 1. The van der Waals surface area contributed by atoms with Gasteiger partial charge >= 0.3 is 11.9 Å². The van der Waals surface area contributed by atoms with Crippen LogP contribution < -0.4 is 0 Å². The van der Waals surface area contributed by atoms with Gasteiger partial charge in [0.25, 0.3) is 0 Å². The van der Waals surface area contributed by atoms with E-state index in [9.17, 15) is 19.8 Å². The summed E-state index contributed by atoms with van der Waals surface area (Å²) in [6.07, 6.45) is -3.16. The van der Waals surface area contributed by atoms with E-state index in [1.807, 2.05) is 0 Å². The quantitative estimate of drug-likeness (QED) is 0.602. The first-order chi connectivity index (χ1) is 9.43. The minimum atomic E-state index is -1.70. The number of hydrogen-bond donors (Lipinski definition) is 4. The molecule has 0 fully saturated rings. The number of aliphatic hydroxyl groups is 2. The zero-order valence-electron chi connectivity index (χ0n) is 10.5. The van der Waals surface area contributed by atoms with E-state index in [1.165, 1.54) is 18.2 Å². The molecule has 1 aromatic carbocycles. The summed E-state index contributed by atoms with van der Waals surface area (Å²) in [5.41, 5.74) is 0.769. The Kier molecular flexibility index (Phi) is 3.73. The van der Waals surface area contributed by atoms with Crippen molar-refractivity contribution in [2.24, 2.45) is 0 Å². The molecule has 0 aliphatic carbocycles. The number of ether oxygens (including phenoxy) is 1. The molecule has 0 saturated carbocycles. The zero-order valence-corrected chi connectivity index (χ0v) is 10.5. The van der Waals surface area contributed by atoms with Crippen LogP contribution in [-0.4, -0.2) is 45.5 Å². The van der Waals surface area contributed by atoms with E-state index in [1.54, 1.807) is 6.07 Å². The van der Waals surface area contributed by atoms with Gasteiger partial charge in [-0.25, -0.2) is 9.59 Å². The summed E-state index contributed by atoms with van der Waals surface area (Å²) in [4.78, 5) is 24.7. The summed E-state index contributed by atoms with van der Waals surface area (Å²) in [5, 5.41) is 29.0. The van der Waals surface area contributed by atoms with Crippen molar-refractivity contribution < 1.29 is 29.6 Å². The van der Waals surface area contributed by atoms with Crippen LogP contribution in [0.1, 0.15) is 22.2 Å². The van der Waals surface area contributed by atoms with Gasteiger partial charge in [-0.15, -0.1) is 0 Å². The van der Waals surface area contributed by atoms with Gasteiger partial charge in [-0.3, -0.25) is 0 Å². The van der Waals surface area contributed by atoms with E-state index in [0.717, 1.165) is 7.11 Å². The van der Waals surface area contributed by atoms with Gasteiger partial charge in [-0.05, 0) is 17.7 Å². The Morgan fingerprint density at radius 3 is 2.55 bits per heavy atom. The number of rotatable bonds is 4. The summed E-state index contributed by atoms with van der Waals surface area (Å²) < 4.78 is 4.34. The smallest absolute Gasteiger partial charge is 0.352 e. The van der Waals surface area contributed by atoms with Crippen molar-refractivity contribution in [2.45, 2.75) is 12.2 Å². The molecule has 0 aliphatic rings. The summed E-state index contributed by atoms with van der Waals surface area (Å²) in [6, 6.07) is 6.00. The standard InChI is InChI=1S/C13H13NO6/c1-20-13(19)11(16)10(15)7-3-2-6-4-9(12(17)18)14-8(6)5-7/h2-5,10-11,14-16H,1H3,(H,17,18). The highest BCUT2D eigenvalue weighted by Crippen LogP contribution is 2.23. The lowest BCUT2D eigenvalue weighted by Gasteiger charge is -2.15. The number of benzene rings is 1. The summed E-state index contributed by atoms with van der Waals surface area (Å²) in [7, 11) is 1.10. The Morgan fingerprint density at radius 2 is 1.95 bits per heavy atom. The van der Waals surface area contributed by atoms with Gasteiger partial charge in [-0.2, -0.15) is 0 Å². The molecule has 0 aliphatic heterocycles. The van der Waals surface area contributed by atoms with Gasteiger partial charge in [0.05, 0.1) is 7.11 Å². The van der Waals surface area contributed by atoms with Gasteiger partial charge < -0.3 is 25.0 Å². The molecule has 1 heterocycles. The molecular formula is C13H13NO6. The molecule has 7 heteroatoms. The number of aliphatic hydroxyl groups excluding tert-OH is 2. The van der Waals surface area contributed by atoms with Crippen molar-refractivity contribution >= 4 is 22.8 Å². The van der Waals surface area contributed by atoms with Gasteiger partial charge in [-0.1, -0.05) is 12.1 Å². The molecule has 0 amide bonds. The number of methoxy groups -OCH3 is 1. The number of esters is 1. The Labute approximate surface area is 113 Å². The summed E-state index contributed by atoms with van der Waals surface area (Å²) in [6.45, 7) is 0. The Hall–Kier alpha value is -2.38. The van der Waals surface area contributed by atoms with Crippen molar-refractivity contribution in [1.29, 1.82) is 0 Å². The van der Waals surface area contributed by atoms with Crippen LogP contribution in [-0.2, 0) is 9.53 Å². The number of aromatic amines is 1. The van der Waals surface area contributed by atoms with Gasteiger partial charge in [0.1, 0.15) is 11.8 Å². The van der Waals surface area contributed by atoms with E-state index in [-0.39, 0.29) is 11.3 Å². The molecule has 2 atom stereocenters. The predicted molar refractivity (Wildman–Crippen MR) is 68.2 cm³/mol. The monoisotopic (exact) mass is 279 g/mol. The predicted octanol–water partition coefficient (Wildman–Crippen LogP) is 0.433. The second-order valence-electron chi connectivity index (χ2n) is 4.25. The lowest BCUT2D eigenvalue weighted by atomic mass is 10.0. The minimum Gasteiger partial charge on any atom is -0.477 e. The molecule has 20 heavy (non-hydrogen) atoms. The third kappa shape index (κ3) is 2.49. The first-order valence-electron chi connectivity index (χ1n) is 5.74. The minimum absolute atomic E-state index is 0.0140. The highest BCUT2D eigenvalue weighted by molar-refractivity contribution is 5.93. The maximum absolute atomic E-state index is 11.2. The fourth-order valence-corrected chi connectivity index (χ4v) is 1.88. The Morgan fingerprint density at radius 1 is 1.25 bits per heavy atom. The van der Waals surface area contributed by atoms with Crippen LogP contribution in [0.25, 0.3) is 10.9 Å². The highest BCUT2D eigenvalue weighted by Gasteiger charge is 2.26. The molecule has 2 rings (SSSR count). The zero-order chi connectivity index (χ0) is 14.9. The van der Waals surface area contributed by atoms with E-state index in [4.69, 9.17) is 5.11 Å². The fourth-order valence-electron chi connectivity index (χ4n) is 1.88. The van der Waals surface area contributed by atoms with Crippen molar-refractivity contribution in [1.82, 2.24) is 4.98 Å². The number of hydrogen-bond acceptors (Lipinski definition) is 5. The average molecular weight is 279 g/mol. The summed E-state index contributed by atoms with van der Waals surface area (Å²) >= 11 is 0. The van der Waals surface area contributed by atoms with Crippen LogP contribution in [0.4, 0.5) is 0 Å².